The van der Waals surface area contributed by atoms with E-state index >= 15 is 0 Å². The Bertz CT molecular complexity index is 1210. The van der Waals surface area contributed by atoms with Crippen molar-refractivity contribution in [1.29, 1.82) is 0 Å². The Labute approximate surface area is 191 Å². The zero-order valence-electron chi connectivity index (χ0n) is 18.8. The van der Waals surface area contributed by atoms with Crippen LogP contribution in [0.1, 0.15) is 50.8 Å². The fraction of sp³-hybridized carbons (Fsp3) is 0.320. The molecule has 0 unspecified atom stereocenters. The maximum atomic E-state index is 12.7. The summed E-state index contributed by atoms with van der Waals surface area (Å²) in [5.74, 6) is -0.0543. The minimum atomic E-state index is -0.436. The van der Waals surface area contributed by atoms with Crippen molar-refractivity contribution in [2.75, 3.05) is 5.32 Å². The minimum Gasteiger partial charge on any atom is -0.326 e. The molecule has 0 saturated heterocycles. The molecule has 33 heavy (non-hydrogen) atoms. The molecule has 1 amide bonds. The lowest BCUT2D eigenvalue weighted by molar-refractivity contribution is -0.384. The SMILES string of the molecule is CCCC(CCC)C(=O)Nc1ccc2c(CC=Cc3ccc([N+](=O)[O-])cc3)n[nH]c(=O)c2c1. The predicted octanol–water partition coefficient (Wildman–Crippen LogP) is 5.24. The first-order valence-electron chi connectivity index (χ1n) is 11.2. The average molecular weight is 449 g/mol. The number of carbonyl (C=O) groups excluding carboxylic acids is 1. The van der Waals surface area contributed by atoms with E-state index in [0.29, 0.717) is 28.6 Å². The van der Waals surface area contributed by atoms with Crippen molar-refractivity contribution in [3.05, 3.63) is 80.3 Å². The van der Waals surface area contributed by atoms with E-state index in [-0.39, 0.29) is 23.1 Å². The maximum absolute atomic E-state index is 12.7. The van der Waals surface area contributed by atoms with Gasteiger partial charge in [-0.05, 0) is 42.7 Å². The number of fused-ring (bicyclic) bond motifs is 1. The van der Waals surface area contributed by atoms with Crippen molar-refractivity contribution < 1.29 is 9.72 Å². The molecule has 8 heteroatoms. The summed E-state index contributed by atoms with van der Waals surface area (Å²) in [4.78, 5) is 35.4. The zero-order valence-corrected chi connectivity index (χ0v) is 18.8. The number of nitrogens with zero attached hydrogens (tertiary/aromatic N) is 2. The van der Waals surface area contributed by atoms with Crippen molar-refractivity contribution in [3.63, 3.8) is 0 Å². The summed E-state index contributed by atoms with van der Waals surface area (Å²) in [5.41, 5.74) is 1.83. The number of non-ortho nitro benzene ring substituents is 1. The van der Waals surface area contributed by atoms with Crippen LogP contribution in [0.25, 0.3) is 16.8 Å². The number of H-pyrrole nitrogens is 1. The molecule has 0 aliphatic heterocycles. The number of nitrogens with one attached hydrogen (secondary N) is 2. The van der Waals surface area contributed by atoms with Gasteiger partial charge in [-0.25, -0.2) is 5.10 Å². The molecule has 1 heterocycles. The highest BCUT2D eigenvalue weighted by Gasteiger charge is 2.17. The third-order valence-corrected chi connectivity index (χ3v) is 5.51. The number of allylic oxidation sites excluding steroid dienone is 1. The Balaban J connectivity index is 1.78. The molecule has 3 rings (SSSR count). The number of amides is 1. The molecule has 0 saturated carbocycles. The highest BCUT2D eigenvalue weighted by Crippen LogP contribution is 2.22. The third kappa shape index (κ3) is 6.12. The van der Waals surface area contributed by atoms with Gasteiger partial charge in [0, 0.05) is 35.5 Å². The van der Waals surface area contributed by atoms with Gasteiger partial charge >= 0.3 is 0 Å². The molecule has 0 bridgehead atoms. The molecule has 0 spiro atoms. The Morgan fingerprint density at radius 1 is 1.12 bits per heavy atom. The topological polar surface area (TPSA) is 118 Å². The van der Waals surface area contributed by atoms with Crippen molar-refractivity contribution >= 4 is 34.1 Å². The highest BCUT2D eigenvalue weighted by atomic mass is 16.6. The van der Waals surface area contributed by atoms with Crippen molar-refractivity contribution in [2.45, 2.75) is 46.0 Å². The van der Waals surface area contributed by atoms with E-state index in [9.17, 15) is 19.7 Å². The molecule has 2 aromatic carbocycles. The monoisotopic (exact) mass is 448 g/mol. The fourth-order valence-corrected chi connectivity index (χ4v) is 3.82. The molecule has 8 nitrogen and oxygen atoms in total. The lowest BCUT2D eigenvalue weighted by Crippen LogP contribution is -2.23. The summed E-state index contributed by atoms with van der Waals surface area (Å²) in [6.45, 7) is 4.13. The van der Waals surface area contributed by atoms with E-state index in [1.165, 1.54) is 12.1 Å². The van der Waals surface area contributed by atoms with Crippen molar-refractivity contribution in [1.82, 2.24) is 10.2 Å². The van der Waals surface area contributed by atoms with Gasteiger partial charge in [0.2, 0.25) is 5.91 Å². The van der Waals surface area contributed by atoms with Gasteiger partial charge in [0.25, 0.3) is 11.2 Å². The number of aromatic amines is 1. The van der Waals surface area contributed by atoms with Crippen LogP contribution in [-0.2, 0) is 11.2 Å². The number of rotatable bonds is 10. The van der Waals surface area contributed by atoms with E-state index in [1.54, 1.807) is 30.3 Å². The van der Waals surface area contributed by atoms with Gasteiger partial charge in [-0.3, -0.25) is 19.7 Å². The largest absolute Gasteiger partial charge is 0.326 e. The van der Waals surface area contributed by atoms with E-state index in [2.05, 4.69) is 29.4 Å². The van der Waals surface area contributed by atoms with Crippen LogP contribution in [0.3, 0.4) is 0 Å². The van der Waals surface area contributed by atoms with Gasteiger partial charge < -0.3 is 5.32 Å². The van der Waals surface area contributed by atoms with Crippen LogP contribution in [0.15, 0.2) is 53.3 Å². The number of aromatic nitrogens is 2. The summed E-state index contributed by atoms with van der Waals surface area (Å²) in [7, 11) is 0. The van der Waals surface area contributed by atoms with Gasteiger partial charge in [-0.1, -0.05) is 44.9 Å². The van der Waals surface area contributed by atoms with Crippen LogP contribution in [0, 0.1) is 16.0 Å². The lowest BCUT2D eigenvalue weighted by Gasteiger charge is -2.15. The molecular formula is C25H28N4O4. The fourth-order valence-electron chi connectivity index (χ4n) is 3.82. The maximum Gasteiger partial charge on any atom is 0.272 e. The Kier molecular flexibility index (Phi) is 8.07. The van der Waals surface area contributed by atoms with Gasteiger partial charge in [-0.2, -0.15) is 5.10 Å². The van der Waals surface area contributed by atoms with Crippen LogP contribution in [0.5, 0.6) is 0 Å². The summed E-state index contributed by atoms with van der Waals surface area (Å²) in [5, 5.41) is 21.6. The van der Waals surface area contributed by atoms with Crippen molar-refractivity contribution in [2.24, 2.45) is 5.92 Å². The van der Waals surface area contributed by atoms with E-state index in [4.69, 9.17) is 0 Å². The summed E-state index contributed by atoms with van der Waals surface area (Å²) in [6, 6.07) is 11.5. The number of nitro benzene ring substituents is 1. The molecule has 3 aromatic rings. The third-order valence-electron chi connectivity index (χ3n) is 5.51. The van der Waals surface area contributed by atoms with E-state index < -0.39 is 4.92 Å². The Hall–Kier alpha value is -3.81. The molecule has 0 aliphatic rings. The number of benzene rings is 2. The zero-order chi connectivity index (χ0) is 23.8. The van der Waals surface area contributed by atoms with Gasteiger partial charge in [0.05, 0.1) is 16.0 Å². The van der Waals surface area contributed by atoms with Crippen LogP contribution >= 0.6 is 0 Å². The van der Waals surface area contributed by atoms with Crippen LogP contribution in [0.2, 0.25) is 0 Å². The molecule has 172 valence electrons. The Morgan fingerprint density at radius 2 is 1.82 bits per heavy atom. The van der Waals surface area contributed by atoms with Gasteiger partial charge in [-0.15, -0.1) is 0 Å². The van der Waals surface area contributed by atoms with Gasteiger partial charge in [0.15, 0.2) is 0 Å². The minimum absolute atomic E-state index is 0.0187. The molecular weight excluding hydrogens is 420 g/mol. The first-order valence-corrected chi connectivity index (χ1v) is 11.2. The summed E-state index contributed by atoms with van der Waals surface area (Å²) in [6.07, 6.45) is 7.75. The first kappa shape index (κ1) is 23.8. The van der Waals surface area contributed by atoms with Crippen LogP contribution in [-0.4, -0.2) is 21.0 Å². The Morgan fingerprint density at radius 3 is 2.45 bits per heavy atom. The van der Waals surface area contributed by atoms with E-state index in [0.717, 1.165) is 31.2 Å². The molecule has 0 fully saturated rings. The second-order valence-electron chi connectivity index (χ2n) is 7.98. The number of hydrogen-bond donors (Lipinski definition) is 2. The average Bonchev–Trinajstić information content (AvgIpc) is 2.81. The van der Waals surface area contributed by atoms with Crippen molar-refractivity contribution in [3.8, 4) is 0 Å². The smallest absolute Gasteiger partial charge is 0.272 e. The van der Waals surface area contributed by atoms with E-state index in [1.807, 2.05) is 12.2 Å². The molecule has 2 N–H and O–H groups in total. The summed E-state index contributed by atoms with van der Waals surface area (Å²) >= 11 is 0. The van der Waals surface area contributed by atoms with Gasteiger partial charge in [0.1, 0.15) is 0 Å². The second kappa shape index (κ2) is 11.2. The second-order valence-corrected chi connectivity index (χ2v) is 7.98. The normalized spacial score (nSPS) is 11.4. The number of nitro groups is 1. The molecule has 1 aromatic heterocycles. The van der Waals surface area contributed by atoms with Crippen LogP contribution in [0.4, 0.5) is 11.4 Å². The highest BCUT2D eigenvalue weighted by molar-refractivity contribution is 5.95. The number of hydrogen-bond acceptors (Lipinski definition) is 5. The molecule has 0 radical (unpaired) electrons. The lowest BCUT2D eigenvalue weighted by atomic mass is 9.97. The predicted molar refractivity (Wildman–Crippen MR) is 130 cm³/mol. The first-order chi connectivity index (χ1) is 15.9. The molecule has 0 atom stereocenters. The molecule has 0 aliphatic carbocycles. The number of carbonyl (C=O) groups is 1. The summed E-state index contributed by atoms with van der Waals surface area (Å²) < 4.78 is 0. The quantitative estimate of drug-likeness (QED) is 0.325. The van der Waals surface area contributed by atoms with Crippen LogP contribution < -0.4 is 10.9 Å². The standard InChI is InChI=1S/C25H28N4O4/c1-3-6-18(7-4-2)24(30)26-19-12-15-21-22(16-19)25(31)28-27-23(21)9-5-8-17-10-13-20(14-11-17)29(32)33/h5,8,10-16,18H,3-4,6-7,9H2,1-2H3,(H,26,30)(H,28,31). The number of anilines is 1.